The van der Waals surface area contributed by atoms with Crippen molar-refractivity contribution in [3.05, 3.63) is 35.9 Å². The average molecular weight is 248 g/mol. The third-order valence-corrected chi connectivity index (χ3v) is 3.23. The molecule has 0 radical (unpaired) electrons. The minimum atomic E-state index is -0.0592. The summed E-state index contributed by atoms with van der Waals surface area (Å²) in [5.41, 5.74) is 6.83. The molecular formula is C15H24N2O. The van der Waals surface area contributed by atoms with Gasteiger partial charge in [-0.25, -0.2) is 0 Å². The Morgan fingerprint density at radius 2 is 1.89 bits per heavy atom. The molecule has 3 nitrogen and oxygen atoms in total. The second-order valence-electron chi connectivity index (χ2n) is 4.89. The topological polar surface area (TPSA) is 46.3 Å². The lowest BCUT2D eigenvalue weighted by atomic mass is 10.0. The van der Waals surface area contributed by atoms with Crippen LogP contribution in [0.3, 0.4) is 0 Å². The highest BCUT2D eigenvalue weighted by Crippen LogP contribution is 2.14. The third-order valence-electron chi connectivity index (χ3n) is 3.23. The van der Waals surface area contributed by atoms with Crippen molar-refractivity contribution in [2.24, 2.45) is 11.7 Å². The first kappa shape index (κ1) is 14.7. The van der Waals surface area contributed by atoms with Crippen LogP contribution in [-0.2, 0) is 11.3 Å². The van der Waals surface area contributed by atoms with Crippen molar-refractivity contribution in [1.82, 2.24) is 4.90 Å². The van der Waals surface area contributed by atoms with Gasteiger partial charge in [-0.05, 0) is 25.8 Å². The van der Waals surface area contributed by atoms with Crippen LogP contribution >= 0.6 is 0 Å². The Morgan fingerprint density at radius 1 is 1.28 bits per heavy atom. The summed E-state index contributed by atoms with van der Waals surface area (Å²) >= 11 is 0. The quantitative estimate of drug-likeness (QED) is 0.840. The van der Waals surface area contributed by atoms with E-state index >= 15 is 0 Å². The summed E-state index contributed by atoms with van der Waals surface area (Å²) in [7, 11) is 0. The lowest BCUT2D eigenvalue weighted by Crippen LogP contribution is -2.42. The second kappa shape index (κ2) is 7.17. The molecule has 0 saturated carbocycles. The van der Waals surface area contributed by atoms with Gasteiger partial charge in [-0.15, -0.1) is 0 Å². The number of hydrogen-bond acceptors (Lipinski definition) is 2. The van der Waals surface area contributed by atoms with Crippen LogP contribution in [0.4, 0.5) is 0 Å². The van der Waals surface area contributed by atoms with E-state index in [2.05, 4.69) is 0 Å². The average Bonchev–Trinajstić information content (AvgIpc) is 2.38. The van der Waals surface area contributed by atoms with Crippen LogP contribution in [0.1, 0.15) is 32.8 Å². The third kappa shape index (κ3) is 3.84. The SMILES string of the molecule is CCC(CN)C(=O)N(Cc1ccccc1)C(C)C. The van der Waals surface area contributed by atoms with Gasteiger partial charge in [0.25, 0.3) is 0 Å². The maximum absolute atomic E-state index is 12.4. The summed E-state index contributed by atoms with van der Waals surface area (Å²) in [6.07, 6.45) is 0.799. The van der Waals surface area contributed by atoms with Crippen molar-refractivity contribution >= 4 is 5.91 Å². The zero-order valence-corrected chi connectivity index (χ0v) is 11.6. The minimum Gasteiger partial charge on any atom is -0.336 e. The number of benzene rings is 1. The monoisotopic (exact) mass is 248 g/mol. The van der Waals surface area contributed by atoms with Crippen molar-refractivity contribution in [1.29, 1.82) is 0 Å². The molecule has 0 saturated heterocycles. The zero-order chi connectivity index (χ0) is 13.5. The summed E-state index contributed by atoms with van der Waals surface area (Å²) in [5, 5.41) is 0. The molecule has 2 N–H and O–H groups in total. The van der Waals surface area contributed by atoms with E-state index in [1.54, 1.807) is 0 Å². The molecule has 0 aliphatic rings. The molecule has 1 aromatic carbocycles. The first-order valence-corrected chi connectivity index (χ1v) is 6.64. The predicted molar refractivity (Wildman–Crippen MR) is 75.0 cm³/mol. The number of amides is 1. The maximum atomic E-state index is 12.4. The van der Waals surface area contributed by atoms with Gasteiger partial charge in [-0.3, -0.25) is 4.79 Å². The molecule has 1 amide bonds. The Labute approximate surface area is 110 Å². The van der Waals surface area contributed by atoms with E-state index in [-0.39, 0.29) is 17.9 Å². The molecule has 1 atom stereocenters. The van der Waals surface area contributed by atoms with Gasteiger partial charge in [0, 0.05) is 19.1 Å². The van der Waals surface area contributed by atoms with Crippen LogP contribution in [0.5, 0.6) is 0 Å². The van der Waals surface area contributed by atoms with Gasteiger partial charge in [0.2, 0.25) is 5.91 Å². The Balaban J connectivity index is 2.80. The first-order valence-electron chi connectivity index (χ1n) is 6.64. The number of nitrogens with zero attached hydrogens (tertiary/aromatic N) is 1. The highest BCUT2D eigenvalue weighted by Gasteiger charge is 2.23. The van der Waals surface area contributed by atoms with Crippen molar-refractivity contribution in [2.45, 2.75) is 39.8 Å². The first-order chi connectivity index (χ1) is 8.60. The second-order valence-corrected chi connectivity index (χ2v) is 4.89. The molecule has 0 fully saturated rings. The molecule has 1 aromatic rings. The smallest absolute Gasteiger partial charge is 0.227 e. The van der Waals surface area contributed by atoms with Gasteiger partial charge < -0.3 is 10.6 Å². The van der Waals surface area contributed by atoms with E-state index < -0.39 is 0 Å². The Hall–Kier alpha value is -1.35. The number of carbonyl (C=O) groups is 1. The molecule has 0 aliphatic carbocycles. The lowest BCUT2D eigenvalue weighted by molar-refractivity contribution is -0.137. The molecule has 18 heavy (non-hydrogen) atoms. The number of nitrogens with two attached hydrogens (primary N) is 1. The molecule has 1 unspecified atom stereocenters. The molecule has 0 bridgehead atoms. The fourth-order valence-electron chi connectivity index (χ4n) is 1.97. The van der Waals surface area contributed by atoms with E-state index in [1.807, 2.05) is 56.0 Å². The van der Waals surface area contributed by atoms with Gasteiger partial charge in [0.05, 0.1) is 5.92 Å². The van der Waals surface area contributed by atoms with E-state index in [9.17, 15) is 4.79 Å². The van der Waals surface area contributed by atoms with Crippen molar-refractivity contribution in [2.75, 3.05) is 6.54 Å². The Kier molecular flexibility index (Phi) is 5.86. The number of hydrogen-bond donors (Lipinski definition) is 1. The summed E-state index contributed by atoms with van der Waals surface area (Å²) < 4.78 is 0. The highest BCUT2D eigenvalue weighted by atomic mass is 16.2. The number of rotatable bonds is 6. The number of carbonyl (C=O) groups excluding carboxylic acids is 1. The van der Waals surface area contributed by atoms with Crippen LogP contribution in [-0.4, -0.2) is 23.4 Å². The predicted octanol–water partition coefficient (Wildman–Crippen LogP) is 2.41. The standard InChI is InChI=1S/C15H24N2O/c1-4-14(10-16)15(18)17(12(2)3)11-13-8-6-5-7-9-13/h5-9,12,14H,4,10-11,16H2,1-3H3. The van der Waals surface area contributed by atoms with E-state index in [4.69, 9.17) is 5.73 Å². The Morgan fingerprint density at radius 3 is 2.33 bits per heavy atom. The van der Waals surface area contributed by atoms with E-state index in [1.165, 1.54) is 0 Å². The van der Waals surface area contributed by atoms with Gasteiger partial charge in [0.1, 0.15) is 0 Å². The molecule has 100 valence electrons. The zero-order valence-electron chi connectivity index (χ0n) is 11.6. The van der Waals surface area contributed by atoms with Crippen LogP contribution < -0.4 is 5.73 Å². The molecule has 0 aromatic heterocycles. The minimum absolute atomic E-state index is 0.0592. The van der Waals surface area contributed by atoms with Crippen LogP contribution in [0.2, 0.25) is 0 Å². The normalized spacial score (nSPS) is 12.5. The summed E-state index contributed by atoms with van der Waals surface area (Å²) in [6, 6.07) is 10.3. The van der Waals surface area contributed by atoms with Gasteiger partial charge in [-0.1, -0.05) is 37.3 Å². The maximum Gasteiger partial charge on any atom is 0.227 e. The fourth-order valence-corrected chi connectivity index (χ4v) is 1.97. The molecular weight excluding hydrogens is 224 g/mol. The summed E-state index contributed by atoms with van der Waals surface area (Å²) in [4.78, 5) is 14.3. The van der Waals surface area contributed by atoms with Crippen molar-refractivity contribution < 1.29 is 4.79 Å². The molecule has 0 spiro atoms. The lowest BCUT2D eigenvalue weighted by Gasteiger charge is -2.30. The van der Waals surface area contributed by atoms with E-state index in [0.717, 1.165) is 12.0 Å². The van der Waals surface area contributed by atoms with Gasteiger partial charge in [-0.2, -0.15) is 0 Å². The van der Waals surface area contributed by atoms with Gasteiger partial charge in [0.15, 0.2) is 0 Å². The molecule has 3 heteroatoms. The largest absolute Gasteiger partial charge is 0.336 e. The Bertz CT molecular complexity index is 358. The summed E-state index contributed by atoms with van der Waals surface area (Å²) in [5.74, 6) is 0.106. The molecule has 0 heterocycles. The van der Waals surface area contributed by atoms with Crippen LogP contribution in [0.15, 0.2) is 30.3 Å². The highest BCUT2D eigenvalue weighted by molar-refractivity contribution is 5.79. The summed E-state index contributed by atoms with van der Waals surface area (Å²) in [6.45, 7) is 7.19. The van der Waals surface area contributed by atoms with Crippen LogP contribution in [0.25, 0.3) is 0 Å². The molecule has 0 aliphatic heterocycles. The van der Waals surface area contributed by atoms with Gasteiger partial charge >= 0.3 is 0 Å². The molecule has 1 rings (SSSR count). The van der Waals surface area contributed by atoms with Crippen LogP contribution in [0, 0.1) is 5.92 Å². The van der Waals surface area contributed by atoms with E-state index in [0.29, 0.717) is 13.1 Å². The fraction of sp³-hybridized carbons (Fsp3) is 0.533. The van der Waals surface area contributed by atoms with Crippen molar-refractivity contribution in [3.8, 4) is 0 Å². The van der Waals surface area contributed by atoms with Crippen molar-refractivity contribution in [3.63, 3.8) is 0 Å².